The highest BCUT2D eigenvalue weighted by Gasteiger charge is 2.27. The van der Waals surface area contributed by atoms with E-state index < -0.39 is 0 Å². The zero-order chi connectivity index (χ0) is 13.2. The summed E-state index contributed by atoms with van der Waals surface area (Å²) in [7, 11) is 0. The molecule has 96 valence electrons. The van der Waals surface area contributed by atoms with Gasteiger partial charge in [0.25, 0.3) is 5.91 Å². The van der Waals surface area contributed by atoms with E-state index in [9.17, 15) is 4.79 Å². The van der Waals surface area contributed by atoms with E-state index in [1.54, 1.807) is 18.2 Å². The summed E-state index contributed by atoms with van der Waals surface area (Å²) in [5, 5.41) is 3.74. The highest BCUT2D eigenvalue weighted by Crippen LogP contribution is 2.26. The van der Waals surface area contributed by atoms with Gasteiger partial charge < -0.3 is 10.1 Å². The number of halogens is 2. The van der Waals surface area contributed by atoms with Crippen molar-refractivity contribution in [2.45, 2.75) is 18.9 Å². The second kappa shape index (κ2) is 5.21. The van der Waals surface area contributed by atoms with Crippen LogP contribution in [-0.4, -0.2) is 18.1 Å². The summed E-state index contributed by atoms with van der Waals surface area (Å²) in [4.78, 5) is 11.6. The van der Waals surface area contributed by atoms with Gasteiger partial charge in [0.05, 0.1) is 15.6 Å². The highest BCUT2D eigenvalue weighted by atomic mass is 35.5. The Hall–Kier alpha value is -1.19. The van der Waals surface area contributed by atoms with E-state index in [2.05, 4.69) is 5.32 Å². The molecule has 0 radical (unpaired) electrons. The lowest BCUT2D eigenvalue weighted by atomic mass is 9.88. The number of nitrogens with one attached hydrogen (secondary N) is 1. The summed E-state index contributed by atoms with van der Waals surface area (Å²) >= 11 is 11.6. The second-order valence-electron chi connectivity index (χ2n) is 4.44. The molecule has 0 spiro atoms. The lowest BCUT2D eigenvalue weighted by molar-refractivity contribution is -0.124. The summed E-state index contributed by atoms with van der Waals surface area (Å²) < 4.78 is 5.34. The van der Waals surface area contributed by atoms with Crippen LogP contribution in [0.2, 0.25) is 10.0 Å². The number of carbonyl (C=O) groups is 1. The van der Waals surface area contributed by atoms with E-state index in [0.717, 1.165) is 6.42 Å². The van der Waals surface area contributed by atoms with Gasteiger partial charge >= 0.3 is 0 Å². The van der Waals surface area contributed by atoms with E-state index in [-0.39, 0.29) is 18.1 Å². The molecule has 0 heterocycles. The molecule has 1 unspecified atom stereocenters. The first-order chi connectivity index (χ1) is 8.48. The number of ether oxygens (including phenoxy) is 1. The second-order valence-corrected chi connectivity index (χ2v) is 5.25. The molecule has 3 nitrogen and oxygen atoms in total. The largest absolute Gasteiger partial charge is 0.484 e. The summed E-state index contributed by atoms with van der Waals surface area (Å²) in [6.07, 6.45) is 4.83. The van der Waals surface area contributed by atoms with Crippen molar-refractivity contribution in [1.29, 1.82) is 0 Å². The Balaban J connectivity index is 1.85. The first-order valence-electron chi connectivity index (χ1n) is 5.55. The van der Waals surface area contributed by atoms with E-state index in [0.29, 0.717) is 15.8 Å². The fourth-order valence-electron chi connectivity index (χ4n) is 1.63. The minimum absolute atomic E-state index is 0.0403. The smallest absolute Gasteiger partial charge is 0.258 e. The Kier molecular flexibility index (Phi) is 3.83. The van der Waals surface area contributed by atoms with Crippen molar-refractivity contribution < 1.29 is 9.53 Å². The van der Waals surface area contributed by atoms with Gasteiger partial charge in [-0.2, -0.15) is 0 Å². The molecule has 0 fully saturated rings. The number of hydrogen-bond acceptors (Lipinski definition) is 2. The fraction of sp³-hybridized carbons (Fsp3) is 0.308. The molecule has 1 aliphatic carbocycles. The molecule has 0 bridgehead atoms. The van der Waals surface area contributed by atoms with Gasteiger partial charge in [-0.3, -0.25) is 4.79 Å². The molecular formula is C13H13Cl2NO2. The van der Waals surface area contributed by atoms with Gasteiger partial charge in [0, 0.05) is 6.07 Å². The van der Waals surface area contributed by atoms with E-state index in [4.69, 9.17) is 27.9 Å². The predicted octanol–water partition coefficient (Wildman–Crippen LogP) is 3.21. The van der Waals surface area contributed by atoms with Crippen molar-refractivity contribution >= 4 is 29.1 Å². The molecule has 1 aromatic rings. The van der Waals surface area contributed by atoms with Gasteiger partial charge in [-0.25, -0.2) is 0 Å². The standard InChI is InChI=1S/C13H13Cl2NO2/c1-13(5-2-6-13)16-12(17)8-18-9-3-4-10(14)11(15)7-9/h2-5,7H,6,8H2,1H3,(H,16,17). The average Bonchev–Trinajstić information content (AvgIpc) is 2.29. The molecule has 0 aliphatic heterocycles. The summed E-state index contributed by atoms with van der Waals surface area (Å²) in [6, 6.07) is 4.89. The van der Waals surface area contributed by atoms with Gasteiger partial charge in [-0.05, 0) is 25.5 Å². The van der Waals surface area contributed by atoms with Crippen LogP contribution in [0, 0.1) is 0 Å². The monoisotopic (exact) mass is 285 g/mol. The lowest BCUT2D eigenvalue weighted by Crippen LogP contribution is -2.49. The molecule has 0 saturated heterocycles. The maximum Gasteiger partial charge on any atom is 0.258 e. The van der Waals surface area contributed by atoms with Crippen LogP contribution in [0.25, 0.3) is 0 Å². The zero-order valence-electron chi connectivity index (χ0n) is 9.87. The number of rotatable bonds is 4. The van der Waals surface area contributed by atoms with Gasteiger partial charge in [-0.15, -0.1) is 0 Å². The summed E-state index contributed by atoms with van der Waals surface area (Å²) in [5.41, 5.74) is -0.224. The molecule has 18 heavy (non-hydrogen) atoms. The lowest BCUT2D eigenvalue weighted by Gasteiger charge is -2.32. The maximum absolute atomic E-state index is 11.6. The molecule has 1 aromatic carbocycles. The molecule has 1 aliphatic rings. The fourth-order valence-corrected chi connectivity index (χ4v) is 1.92. The first-order valence-corrected chi connectivity index (χ1v) is 6.31. The van der Waals surface area contributed by atoms with Crippen molar-refractivity contribution in [1.82, 2.24) is 5.32 Å². The molecule has 5 heteroatoms. The third kappa shape index (κ3) is 3.18. The van der Waals surface area contributed by atoms with Crippen molar-refractivity contribution in [2.75, 3.05) is 6.61 Å². The van der Waals surface area contributed by atoms with Crippen LogP contribution in [0.1, 0.15) is 13.3 Å². The van der Waals surface area contributed by atoms with Gasteiger partial charge in [0.2, 0.25) is 0 Å². The molecular weight excluding hydrogens is 273 g/mol. The molecule has 0 saturated carbocycles. The Morgan fingerprint density at radius 2 is 2.17 bits per heavy atom. The van der Waals surface area contributed by atoms with E-state index in [1.807, 2.05) is 19.1 Å². The van der Waals surface area contributed by atoms with Crippen LogP contribution in [0.15, 0.2) is 30.4 Å². The average molecular weight is 286 g/mol. The van der Waals surface area contributed by atoms with Gasteiger partial charge in [0.1, 0.15) is 5.75 Å². The summed E-state index contributed by atoms with van der Waals surface area (Å²) in [6.45, 7) is 1.92. The van der Waals surface area contributed by atoms with E-state index >= 15 is 0 Å². The van der Waals surface area contributed by atoms with Crippen LogP contribution in [0.4, 0.5) is 0 Å². The van der Waals surface area contributed by atoms with Gasteiger partial charge in [-0.1, -0.05) is 35.4 Å². The highest BCUT2D eigenvalue weighted by molar-refractivity contribution is 6.42. The van der Waals surface area contributed by atoms with Crippen LogP contribution in [0.5, 0.6) is 5.75 Å². The van der Waals surface area contributed by atoms with Crippen molar-refractivity contribution in [3.8, 4) is 5.75 Å². The topological polar surface area (TPSA) is 38.3 Å². The number of amides is 1. The summed E-state index contributed by atoms with van der Waals surface area (Å²) in [5.74, 6) is 0.363. The first kappa shape index (κ1) is 13.2. The SMILES string of the molecule is CC1(NC(=O)COc2ccc(Cl)c(Cl)c2)C=CC1. The van der Waals surface area contributed by atoms with Crippen molar-refractivity contribution in [2.24, 2.45) is 0 Å². The third-order valence-corrected chi connectivity index (χ3v) is 3.45. The Bertz CT molecular complexity index is 502. The van der Waals surface area contributed by atoms with Crippen LogP contribution in [-0.2, 0) is 4.79 Å². The van der Waals surface area contributed by atoms with E-state index in [1.165, 1.54) is 0 Å². The van der Waals surface area contributed by atoms with Crippen molar-refractivity contribution in [3.05, 3.63) is 40.4 Å². The number of carbonyl (C=O) groups excluding carboxylic acids is 1. The minimum Gasteiger partial charge on any atom is -0.484 e. The molecule has 1 amide bonds. The third-order valence-electron chi connectivity index (χ3n) is 2.71. The maximum atomic E-state index is 11.6. The number of benzene rings is 1. The Morgan fingerprint density at radius 3 is 2.72 bits per heavy atom. The van der Waals surface area contributed by atoms with Crippen LogP contribution in [0.3, 0.4) is 0 Å². The van der Waals surface area contributed by atoms with Crippen LogP contribution >= 0.6 is 23.2 Å². The molecule has 1 atom stereocenters. The molecule has 2 rings (SSSR count). The molecule has 0 aromatic heterocycles. The molecule has 1 N–H and O–H groups in total. The van der Waals surface area contributed by atoms with Crippen molar-refractivity contribution in [3.63, 3.8) is 0 Å². The Morgan fingerprint density at radius 1 is 1.44 bits per heavy atom. The zero-order valence-corrected chi connectivity index (χ0v) is 11.4. The minimum atomic E-state index is -0.224. The Labute approximate surface area is 116 Å². The predicted molar refractivity (Wildman–Crippen MR) is 72.3 cm³/mol. The van der Waals surface area contributed by atoms with Crippen LogP contribution < -0.4 is 10.1 Å². The normalized spacial score (nSPS) is 21.3. The number of hydrogen-bond donors (Lipinski definition) is 1. The van der Waals surface area contributed by atoms with Gasteiger partial charge in [0.15, 0.2) is 6.61 Å². The quantitative estimate of drug-likeness (QED) is 0.863.